The molecule has 1 atom stereocenters. The molecule has 0 aromatic carbocycles. The lowest BCUT2D eigenvalue weighted by molar-refractivity contribution is -0.160. The van der Waals surface area contributed by atoms with Gasteiger partial charge in [0, 0.05) is 6.42 Å². The third-order valence-electron chi connectivity index (χ3n) is 2.97. The molecule has 0 aromatic rings. The normalized spacial score (nSPS) is 12.2. The number of esters is 2. The van der Waals surface area contributed by atoms with Crippen LogP contribution in [0, 0.1) is 0 Å². The molecule has 0 heterocycles. The third kappa shape index (κ3) is 10.7. The minimum atomic E-state index is -0.712. The number of hydrogen-bond donors (Lipinski definition) is 2. The fraction of sp³-hybridized carbons (Fsp3) is 0.857. The molecule has 0 saturated heterocycles. The van der Waals surface area contributed by atoms with Crippen molar-refractivity contribution in [2.45, 2.75) is 70.8 Å². The van der Waals surface area contributed by atoms with Crippen molar-refractivity contribution in [3.8, 4) is 0 Å². The zero-order chi connectivity index (χ0) is 14.5. The van der Waals surface area contributed by atoms with E-state index >= 15 is 0 Å². The summed E-state index contributed by atoms with van der Waals surface area (Å²) in [6, 6.07) is -0.712. The summed E-state index contributed by atoms with van der Waals surface area (Å²) in [5.41, 5.74) is 11.0. The second kappa shape index (κ2) is 12.1. The van der Waals surface area contributed by atoms with Crippen LogP contribution in [-0.4, -0.2) is 24.5 Å². The van der Waals surface area contributed by atoms with Gasteiger partial charge in [0.1, 0.15) is 6.04 Å². The minimum absolute atomic E-state index is 0.297. The van der Waals surface area contributed by atoms with E-state index in [4.69, 9.17) is 16.2 Å². The highest BCUT2D eigenvalue weighted by Crippen LogP contribution is 2.07. The molecule has 0 bridgehead atoms. The van der Waals surface area contributed by atoms with Crippen molar-refractivity contribution in [2.75, 3.05) is 6.54 Å². The maximum Gasteiger partial charge on any atom is 0.330 e. The SMILES string of the molecule is CCCCCCCC(=O)OC(=O)[C@@H](N)CCCCN. The number of rotatable bonds is 11. The van der Waals surface area contributed by atoms with E-state index in [2.05, 4.69) is 6.92 Å². The van der Waals surface area contributed by atoms with E-state index in [0.29, 0.717) is 19.4 Å². The van der Waals surface area contributed by atoms with Gasteiger partial charge in [-0.05, 0) is 25.8 Å². The molecule has 0 radical (unpaired) electrons. The van der Waals surface area contributed by atoms with Crippen molar-refractivity contribution in [3.63, 3.8) is 0 Å². The predicted molar refractivity (Wildman–Crippen MR) is 75.4 cm³/mol. The standard InChI is InChI=1S/C14H28N2O3/c1-2-3-4-5-6-10-13(17)19-14(18)12(16)9-7-8-11-15/h12H,2-11,15-16H2,1H3/t12-/m0/s1. The summed E-state index contributed by atoms with van der Waals surface area (Å²) in [6.45, 7) is 2.72. The number of hydrogen-bond acceptors (Lipinski definition) is 5. The molecule has 19 heavy (non-hydrogen) atoms. The van der Waals surface area contributed by atoms with Gasteiger partial charge < -0.3 is 16.2 Å². The summed E-state index contributed by atoms with van der Waals surface area (Å²) < 4.78 is 4.72. The van der Waals surface area contributed by atoms with Crippen molar-refractivity contribution in [1.29, 1.82) is 0 Å². The van der Waals surface area contributed by atoms with Crippen LogP contribution >= 0.6 is 0 Å². The smallest absolute Gasteiger partial charge is 0.330 e. The highest BCUT2D eigenvalue weighted by Gasteiger charge is 2.17. The van der Waals surface area contributed by atoms with E-state index in [0.717, 1.165) is 32.1 Å². The summed E-state index contributed by atoms with van der Waals surface area (Å²) in [7, 11) is 0. The van der Waals surface area contributed by atoms with Crippen LogP contribution in [0.4, 0.5) is 0 Å². The number of ether oxygens (including phenoxy) is 1. The number of unbranched alkanes of at least 4 members (excludes halogenated alkanes) is 5. The molecular weight excluding hydrogens is 244 g/mol. The lowest BCUT2D eigenvalue weighted by atomic mass is 10.1. The average Bonchev–Trinajstić information content (AvgIpc) is 2.38. The van der Waals surface area contributed by atoms with E-state index in [1.807, 2.05) is 0 Å². The van der Waals surface area contributed by atoms with Gasteiger partial charge in [-0.1, -0.05) is 39.0 Å². The number of carbonyl (C=O) groups excluding carboxylic acids is 2. The topological polar surface area (TPSA) is 95.4 Å². The van der Waals surface area contributed by atoms with E-state index < -0.39 is 18.0 Å². The fourth-order valence-corrected chi connectivity index (χ4v) is 1.74. The van der Waals surface area contributed by atoms with Crippen LogP contribution in [0.5, 0.6) is 0 Å². The second-order valence-corrected chi connectivity index (χ2v) is 4.85. The Morgan fingerprint density at radius 2 is 1.74 bits per heavy atom. The molecule has 5 heteroatoms. The lowest BCUT2D eigenvalue weighted by Crippen LogP contribution is -2.33. The summed E-state index contributed by atoms with van der Waals surface area (Å²) in [5, 5.41) is 0. The molecule has 0 aliphatic heterocycles. The Labute approximate surface area is 116 Å². The molecule has 4 N–H and O–H groups in total. The first-order valence-electron chi connectivity index (χ1n) is 7.32. The van der Waals surface area contributed by atoms with E-state index in [1.54, 1.807) is 0 Å². The summed E-state index contributed by atoms with van der Waals surface area (Å²) in [6.07, 6.45) is 7.65. The lowest BCUT2D eigenvalue weighted by Gasteiger charge is -2.09. The van der Waals surface area contributed by atoms with Crippen LogP contribution in [-0.2, 0) is 14.3 Å². The molecule has 0 saturated carbocycles. The maximum atomic E-state index is 11.5. The molecule has 0 unspecified atom stereocenters. The summed E-state index contributed by atoms with van der Waals surface area (Å²) >= 11 is 0. The molecule has 112 valence electrons. The maximum absolute atomic E-state index is 11.5. The molecule has 0 fully saturated rings. The average molecular weight is 272 g/mol. The van der Waals surface area contributed by atoms with Crippen LogP contribution in [0.15, 0.2) is 0 Å². The Kier molecular flexibility index (Phi) is 11.5. The summed E-state index contributed by atoms with van der Waals surface area (Å²) in [4.78, 5) is 22.9. The van der Waals surface area contributed by atoms with Gasteiger partial charge in [0.2, 0.25) is 0 Å². The van der Waals surface area contributed by atoms with E-state index in [-0.39, 0.29) is 0 Å². The predicted octanol–water partition coefficient (Wildman–Crippen LogP) is 1.87. The van der Waals surface area contributed by atoms with Gasteiger partial charge in [0.05, 0.1) is 0 Å². The zero-order valence-corrected chi connectivity index (χ0v) is 12.0. The van der Waals surface area contributed by atoms with Crippen molar-refractivity contribution < 1.29 is 14.3 Å². The van der Waals surface area contributed by atoms with Gasteiger partial charge in [-0.25, -0.2) is 4.79 Å². The quantitative estimate of drug-likeness (QED) is 0.340. The van der Waals surface area contributed by atoms with Crippen LogP contribution in [0.3, 0.4) is 0 Å². The first-order valence-corrected chi connectivity index (χ1v) is 7.32. The van der Waals surface area contributed by atoms with Crippen LogP contribution in [0.2, 0.25) is 0 Å². The number of carbonyl (C=O) groups is 2. The Morgan fingerprint density at radius 3 is 2.37 bits per heavy atom. The molecule has 0 rings (SSSR count). The fourth-order valence-electron chi connectivity index (χ4n) is 1.74. The van der Waals surface area contributed by atoms with Gasteiger partial charge in [0.15, 0.2) is 0 Å². The molecule has 0 amide bonds. The van der Waals surface area contributed by atoms with Gasteiger partial charge >= 0.3 is 11.9 Å². The molecule has 0 aliphatic carbocycles. The monoisotopic (exact) mass is 272 g/mol. The number of nitrogens with two attached hydrogens (primary N) is 2. The van der Waals surface area contributed by atoms with Gasteiger partial charge in [-0.2, -0.15) is 0 Å². The van der Waals surface area contributed by atoms with Gasteiger partial charge in [-0.3, -0.25) is 4.79 Å². The van der Waals surface area contributed by atoms with Crippen molar-refractivity contribution in [3.05, 3.63) is 0 Å². The Balaban J connectivity index is 3.64. The highest BCUT2D eigenvalue weighted by atomic mass is 16.6. The first kappa shape index (κ1) is 18.1. The van der Waals surface area contributed by atoms with Gasteiger partial charge in [0.25, 0.3) is 0 Å². The first-order chi connectivity index (χ1) is 9.11. The van der Waals surface area contributed by atoms with Crippen molar-refractivity contribution in [1.82, 2.24) is 0 Å². The van der Waals surface area contributed by atoms with Crippen molar-refractivity contribution in [2.24, 2.45) is 11.5 Å². The van der Waals surface area contributed by atoms with Gasteiger partial charge in [-0.15, -0.1) is 0 Å². The van der Waals surface area contributed by atoms with Crippen molar-refractivity contribution >= 4 is 11.9 Å². The van der Waals surface area contributed by atoms with E-state index in [1.165, 1.54) is 12.8 Å². The largest absolute Gasteiger partial charge is 0.392 e. The highest BCUT2D eigenvalue weighted by molar-refractivity contribution is 5.88. The Hall–Kier alpha value is -0.940. The Morgan fingerprint density at radius 1 is 1.05 bits per heavy atom. The molecule has 5 nitrogen and oxygen atoms in total. The second-order valence-electron chi connectivity index (χ2n) is 4.85. The van der Waals surface area contributed by atoms with Crippen LogP contribution in [0.25, 0.3) is 0 Å². The third-order valence-corrected chi connectivity index (χ3v) is 2.97. The zero-order valence-electron chi connectivity index (χ0n) is 12.0. The van der Waals surface area contributed by atoms with Crippen LogP contribution < -0.4 is 11.5 Å². The summed E-state index contributed by atoms with van der Waals surface area (Å²) in [5.74, 6) is -1.08. The Bertz CT molecular complexity index is 257. The molecule has 0 aromatic heterocycles. The molecule has 0 spiro atoms. The molecule has 0 aliphatic rings. The van der Waals surface area contributed by atoms with Crippen LogP contribution in [0.1, 0.15) is 64.7 Å². The minimum Gasteiger partial charge on any atom is -0.392 e. The van der Waals surface area contributed by atoms with E-state index in [9.17, 15) is 9.59 Å². The molecular formula is C14H28N2O3.